The number of hydrogen-bond acceptors (Lipinski definition) is 3. The van der Waals surface area contributed by atoms with Gasteiger partial charge in [-0.05, 0) is 125 Å². The number of thiophene rings is 1. The molecule has 9 aromatic rings. The molecule has 0 radical (unpaired) electrons. The van der Waals surface area contributed by atoms with Gasteiger partial charge in [-0.25, -0.2) is 0 Å². The van der Waals surface area contributed by atoms with E-state index in [1.165, 1.54) is 64.2 Å². The van der Waals surface area contributed by atoms with E-state index in [-0.39, 0.29) is 0 Å². The van der Waals surface area contributed by atoms with Gasteiger partial charge in [0.25, 0.3) is 0 Å². The number of benzene rings is 7. The Kier molecular flexibility index (Phi) is 7.03. The van der Waals surface area contributed by atoms with Crippen molar-refractivity contribution in [1.82, 2.24) is 0 Å². The van der Waals surface area contributed by atoms with Gasteiger partial charge >= 0.3 is 0 Å². The summed E-state index contributed by atoms with van der Waals surface area (Å²) >= 11 is 1.86. The van der Waals surface area contributed by atoms with Crippen molar-refractivity contribution in [1.29, 1.82) is 0 Å². The van der Waals surface area contributed by atoms with Gasteiger partial charge in [-0.2, -0.15) is 0 Å². The van der Waals surface area contributed by atoms with Gasteiger partial charge in [0.05, 0.1) is 0 Å². The van der Waals surface area contributed by atoms with Crippen LogP contribution in [0.5, 0.6) is 0 Å². The van der Waals surface area contributed by atoms with Gasteiger partial charge in [0.1, 0.15) is 11.2 Å². The minimum atomic E-state index is 0.409. The molecule has 1 unspecified atom stereocenters. The normalized spacial score (nSPS) is 15.7. The van der Waals surface area contributed by atoms with E-state index >= 15 is 0 Å². The molecule has 0 bridgehead atoms. The molecule has 0 fully saturated rings. The highest BCUT2D eigenvalue weighted by atomic mass is 32.1. The lowest BCUT2D eigenvalue weighted by Crippen LogP contribution is -2.11. The van der Waals surface area contributed by atoms with Crippen LogP contribution in [0.4, 0.5) is 17.1 Å². The van der Waals surface area contributed by atoms with E-state index in [0.717, 1.165) is 52.9 Å². The number of nitrogens with zero attached hydrogens (tertiary/aromatic N) is 1. The first-order valence-corrected chi connectivity index (χ1v) is 19.4. The molecule has 0 spiro atoms. The molecular formula is C50H35NOS. The molecule has 7 aromatic carbocycles. The SMILES string of the molecule is C1=CC2=C(C=CCC2c2ccc(N(c3ccc(-c4ccc5c(ccc6oc7ccccc7c65)c4)cc3)c3ccc4sc5ccccc5c4c3)cc2)CC1. The number of anilines is 3. The van der Waals surface area contributed by atoms with Crippen LogP contribution >= 0.6 is 11.3 Å². The molecule has 2 aromatic heterocycles. The van der Waals surface area contributed by atoms with Crippen molar-refractivity contribution in [2.75, 3.05) is 4.90 Å². The van der Waals surface area contributed by atoms with Crippen LogP contribution in [0.3, 0.4) is 0 Å². The Labute approximate surface area is 312 Å². The van der Waals surface area contributed by atoms with Gasteiger partial charge < -0.3 is 9.32 Å². The molecule has 0 N–H and O–H groups in total. The Balaban J connectivity index is 0.991. The topological polar surface area (TPSA) is 16.4 Å². The quantitative estimate of drug-likeness (QED) is 0.178. The monoisotopic (exact) mass is 697 g/mol. The Morgan fingerprint density at radius 2 is 1.30 bits per heavy atom. The predicted octanol–water partition coefficient (Wildman–Crippen LogP) is 14.9. The summed E-state index contributed by atoms with van der Waals surface area (Å²) in [5.41, 5.74) is 12.1. The summed E-state index contributed by atoms with van der Waals surface area (Å²) in [6.45, 7) is 0. The molecule has 0 amide bonds. The fourth-order valence-electron chi connectivity index (χ4n) is 8.70. The molecule has 2 nitrogen and oxygen atoms in total. The maximum absolute atomic E-state index is 6.17. The summed E-state index contributed by atoms with van der Waals surface area (Å²) in [5.74, 6) is 0.409. The minimum Gasteiger partial charge on any atom is -0.456 e. The van der Waals surface area contributed by atoms with E-state index in [0.29, 0.717) is 5.92 Å². The lowest BCUT2D eigenvalue weighted by atomic mass is 9.79. The largest absolute Gasteiger partial charge is 0.456 e. The molecule has 53 heavy (non-hydrogen) atoms. The third-order valence-electron chi connectivity index (χ3n) is 11.3. The van der Waals surface area contributed by atoms with Crippen molar-refractivity contribution < 1.29 is 4.42 Å². The molecule has 11 rings (SSSR count). The minimum absolute atomic E-state index is 0.409. The van der Waals surface area contributed by atoms with Crippen LogP contribution in [-0.4, -0.2) is 0 Å². The van der Waals surface area contributed by atoms with E-state index in [4.69, 9.17) is 4.42 Å². The number of fused-ring (bicyclic) bond motifs is 8. The molecular weight excluding hydrogens is 663 g/mol. The number of furan rings is 1. The summed E-state index contributed by atoms with van der Waals surface area (Å²) in [7, 11) is 0. The van der Waals surface area contributed by atoms with E-state index in [1.54, 1.807) is 0 Å². The number of rotatable bonds is 5. The fraction of sp³-hybridized carbons (Fsp3) is 0.0800. The van der Waals surface area contributed by atoms with Gasteiger partial charge in [-0.15, -0.1) is 11.3 Å². The average Bonchev–Trinajstić information content (AvgIpc) is 3.80. The fourth-order valence-corrected chi connectivity index (χ4v) is 9.79. The molecule has 1 atom stereocenters. The summed E-state index contributed by atoms with van der Waals surface area (Å²) in [6, 6.07) is 53.5. The summed E-state index contributed by atoms with van der Waals surface area (Å²) in [4.78, 5) is 2.41. The van der Waals surface area contributed by atoms with Crippen LogP contribution in [-0.2, 0) is 0 Å². The molecule has 0 saturated carbocycles. The van der Waals surface area contributed by atoms with Crippen molar-refractivity contribution in [3.05, 3.63) is 187 Å². The van der Waals surface area contributed by atoms with Gasteiger partial charge in [0.15, 0.2) is 0 Å². The lowest BCUT2D eigenvalue weighted by Gasteiger charge is -2.28. The molecule has 0 saturated heterocycles. The van der Waals surface area contributed by atoms with Gasteiger partial charge in [0.2, 0.25) is 0 Å². The smallest absolute Gasteiger partial charge is 0.136 e. The number of allylic oxidation sites excluding steroid dienone is 6. The third-order valence-corrected chi connectivity index (χ3v) is 12.5. The molecule has 2 aliphatic carbocycles. The second kappa shape index (κ2) is 12.2. The first-order chi connectivity index (χ1) is 26.2. The number of para-hydroxylation sites is 1. The van der Waals surface area contributed by atoms with Crippen LogP contribution in [0.15, 0.2) is 185 Å². The van der Waals surface area contributed by atoms with E-state index in [9.17, 15) is 0 Å². The maximum Gasteiger partial charge on any atom is 0.136 e. The lowest BCUT2D eigenvalue weighted by molar-refractivity contribution is 0.669. The highest BCUT2D eigenvalue weighted by molar-refractivity contribution is 7.25. The zero-order chi connectivity index (χ0) is 34.9. The number of hydrogen-bond donors (Lipinski definition) is 0. The Morgan fingerprint density at radius 3 is 2.19 bits per heavy atom. The van der Waals surface area contributed by atoms with Crippen LogP contribution in [0, 0.1) is 0 Å². The molecule has 0 aliphatic heterocycles. The zero-order valence-electron chi connectivity index (χ0n) is 29.1. The highest BCUT2D eigenvalue weighted by Crippen LogP contribution is 2.44. The van der Waals surface area contributed by atoms with E-state index in [1.807, 2.05) is 23.5 Å². The van der Waals surface area contributed by atoms with Crippen LogP contribution in [0.2, 0.25) is 0 Å². The van der Waals surface area contributed by atoms with Crippen molar-refractivity contribution in [2.24, 2.45) is 0 Å². The standard InChI is InChI=1S/C50H35NOS/c1-2-10-40-33(8-1)9-7-13-41(40)34-18-24-38(25-19-34)51(39-26-29-49-45(31-39)43-11-4-6-15-48(43)53-49)37-22-16-32(17-23-37)35-20-27-42-36(30-35)21-28-47-50(42)44-12-3-5-14-46(44)52-47/h2-7,9-12,14-31,41H,1,8,13H2. The first kappa shape index (κ1) is 30.5. The van der Waals surface area contributed by atoms with Crippen molar-refractivity contribution in [3.8, 4) is 11.1 Å². The van der Waals surface area contributed by atoms with Crippen molar-refractivity contribution >= 4 is 81.3 Å². The Hall–Kier alpha value is -6.16. The van der Waals surface area contributed by atoms with E-state index < -0.39 is 0 Å². The second-order valence-corrected chi connectivity index (χ2v) is 15.4. The Morgan fingerprint density at radius 1 is 0.547 bits per heavy atom. The van der Waals surface area contributed by atoms with Crippen molar-refractivity contribution in [2.45, 2.75) is 25.2 Å². The summed E-state index contributed by atoms with van der Waals surface area (Å²) < 4.78 is 8.81. The summed E-state index contributed by atoms with van der Waals surface area (Å²) in [6.07, 6.45) is 12.7. The average molecular weight is 698 g/mol. The molecule has 2 heterocycles. The van der Waals surface area contributed by atoms with E-state index in [2.05, 4.69) is 163 Å². The van der Waals surface area contributed by atoms with Crippen LogP contribution in [0.25, 0.3) is 64.0 Å². The zero-order valence-corrected chi connectivity index (χ0v) is 29.9. The molecule has 3 heteroatoms. The third kappa shape index (κ3) is 5.07. The maximum atomic E-state index is 6.17. The Bertz CT molecular complexity index is 2970. The molecule has 2 aliphatic rings. The van der Waals surface area contributed by atoms with Gasteiger partial charge in [0, 0.05) is 53.9 Å². The van der Waals surface area contributed by atoms with Crippen LogP contribution in [0.1, 0.15) is 30.7 Å². The van der Waals surface area contributed by atoms with Gasteiger partial charge in [-0.1, -0.05) is 103 Å². The van der Waals surface area contributed by atoms with Crippen LogP contribution < -0.4 is 4.90 Å². The first-order valence-electron chi connectivity index (χ1n) is 18.6. The second-order valence-electron chi connectivity index (χ2n) is 14.3. The summed E-state index contributed by atoms with van der Waals surface area (Å²) in [5, 5.41) is 7.39. The highest BCUT2D eigenvalue weighted by Gasteiger charge is 2.22. The predicted molar refractivity (Wildman–Crippen MR) is 226 cm³/mol. The molecule has 252 valence electrons. The van der Waals surface area contributed by atoms with Crippen molar-refractivity contribution in [3.63, 3.8) is 0 Å². The van der Waals surface area contributed by atoms with Gasteiger partial charge in [-0.3, -0.25) is 0 Å².